The normalized spacial score (nSPS) is 13.9. The topological polar surface area (TPSA) is 93.8 Å². The Kier molecular flexibility index (Phi) is 4.59. The average molecular weight is 310 g/mol. The summed E-state index contributed by atoms with van der Waals surface area (Å²) >= 11 is 1.20. The SMILES string of the molecule is CC(N)C(Sc1nc(=O)c(=O)[nH]n1C)c1cccc(F)c1. The van der Waals surface area contributed by atoms with Crippen molar-refractivity contribution in [1.29, 1.82) is 0 Å². The van der Waals surface area contributed by atoms with Gasteiger partial charge in [0.1, 0.15) is 5.82 Å². The van der Waals surface area contributed by atoms with E-state index >= 15 is 0 Å². The van der Waals surface area contributed by atoms with E-state index < -0.39 is 11.1 Å². The molecule has 2 aromatic rings. The summed E-state index contributed by atoms with van der Waals surface area (Å²) in [4.78, 5) is 26.3. The highest BCUT2D eigenvalue weighted by molar-refractivity contribution is 7.99. The molecule has 0 amide bonds. The molecule has 1 heterocycles. The van der Waals surface area contributed by atoms with Crippen molar-refractivity contribution >= 4 is 11.8 Å². The maximum absolute atomic E-state index is 13.4. The van der Waals surface area contributed by atoms with Gasteiger partial charge in [0, 0.05) is 13.1 Å². The first kappa shape index (κ1) is 15.5. The lowest BCUT2D eigenvalue weighted by atomic mass is 10.1. The molecular weight excluding hydrogens is 295 g/mol. The minimum absolute atomic E-state index is 0.301. The molecule has 0 spiro atoms. The van der Waals surface area contributed by atoms with Gasteiger partial charge in [0.05, 0.1) is 5.25 Å². The van der Waals surface area contributed by atoms with Gasteiger partial charge < -0.3 is 5.73 Å². The number of H-pyrrole nitrogens is 1. The van der Waals surface area contributed by atoms with E-state index in [-0.39, 0.29) is 17.1 Å². The molecule has 0 aliphatic rings. The number of rotatable bonds is 4. The van der Waals surface area contributed by atoms with Crippen molar-refractivity contribution in [2.75, 3.05) is 0 Å². The number of benzene rings is 1. The van der Waals surface area contributed by atoms with E-state index in [0.717, 1.165) is 0 Å². The third-order valence-corrected chi connectivity index (χ3v) is 4.37. The van der Waals surface area contributed by atoms with Crippen LogP contribution in [0.25, 0.3) is 0 Å². The van der Waals surface area contributed by atoms with E-state index in [1.807, 2.05) is 0 Å². The molecule has 0 saturated heterocycles. The number of aromatic nitrogens is 3. The van der Waals surface area contributed by atoms with Crippen LogP contribution in [0, 0.1) is 5.82 Å². The van der Waals surface area contributed by atoms with Gasteiger partial charge >= 0.3 is 11.1 Å². The summed E-state index contributed by atoms with van der Waals surface area (Å²) in [5, 5.41) is 2.37. The minimum Gasteiger partial charge on any atom is -0.327 e. The van der Waals surface area contributed by atoms with E-state index in [4.69, 9.17) is 5.73 Å². The van der Waals surface area contributed by atoms with Crippen molar-refractivity contribution in [1.82, 2.24) is 14.8 Å². The fraction of sp³-hybridized carbons (Fsp3) is 0.308. The number of halogens is 1. The Morgan fingerprint density at radius 1 is 1.43 bits per heavy atom. The molecule has 1 aromatic heterocycles. The Morgan fingerprint density at radius 2 is 2.14 bits per heavy atom. The van der Waals surface area contributed by atoms with Crippen LogP contribution in [0.15, 0.2) is 39.0 Å². The summed E-state index contributed by atoms with van der Waals surface area (Å²) in [6, 6.07) is 5.79. The average Bonchev–Trinajstić information content (AvgIpc) is 2.41. The van der Waals surface area contributed by atoms with Gasteiger partial charge in [-0.25, -0.2) is 4.39 Å². The molecule has 2 atom stereocenters. The number of nitrogens with one attached hydrogen (secondary N) is 1. The molecule has 3 N–H and O–H groups in total. The molecule has 0 aliphatic carbocycles. The summed E-state index contributed by atoms with van der Waals surface area (Å²) < 4.78 is 14.7. The first-order valence-corrected chi connectivity index (χ1v) is 7.11. The lowest BCUT2D eigenvalue weighted by molar-refractivity contribution is 0.591. The second-order valence-electron chi connectivity index (χ2n) is 4.65. The second kappa shape index (κ2) is 6.23. The van der Waals surface area contributed by atoms with E-state index in [9.17, 15) is 14.0 Å². The third-order valence-electron chi connectivity index (χ3n) is 2.83. The van der Waals surface area contributed by atoms with Gasteiger partial charge in [-0.15, -0.1) is 0 Å². The lowest BCUT2D eigenvalue weighted by Crippen LogP contribution is -2.34. The van der Waals surface area contributed by atoms with Gasteiger partial charge in [-0.2, -0.15) is 4.98 Å². The maximum Gasteiger partial charge on any atom is 0.339 e. The zero-order valence-electron chi connectivity index (χ0n) is 11.5. The predicted octanol–water partition coefficient (Wildman–Crippen LogP) is 0.788. The molecule has 0 bridgehead atoms. The van der Waals surface area contributed by atoms with Gasteiger partial charge in [-0.1, -0.05) is 23.9 Å². The molecule has 0 radical (unpaired) electrons. The van der Waals surface area contributed by atoms with Crippen LogP contribution in [0.3, 0.4) is 0 Å². The maximum atomic E-state index is 13.4. The van der Waals surface area contributed by atoms with Crippen LogP contribution in [0.4, 0.5) is 4.39 Å². The first-order valence-electron chi connectivity index (χ1n) is 6.23. The van der Waals surface area contributed by atoms with Crippen molar-refractivity contribution in [3.63, 3.8) is 0 Å². The summed E-state index contributed by atoms with van der Waals surface area (Å²) in [5.41, 5.74) is 4.99. The highest BCUT2D eigenvalue weighted by Crippen LogP contribution is 2.35. The molecule has 21 heavy (non-hydrogen) atoms. The summed E-state index contributed by atoms with van der Waals surface area (Å²) in [7, 11) is 1.57. The van der Waals surface area contributed by atoms with Crippen LogP contribution in [-0.2, 0) is 7.05 Å². The highest BCUT2D eigenvalue weighted by Gasteiger charge is 2.20. The fourth-order valence-electron chi connectivity index (χ4n) is 1.84. The van der Waals surface area contributed by atoms with Crippen LogP contribution in [0.1, 0.15) is 17.7 Å². The van der Waals surface area contributed by atoms with Crippen molar-refractivity contribution in [2.24, 2.45) is 12.8 Å². The molecule has 6 nitrogen and oxygen atoms in total. The zero-order chi connectivity index (χ0) is 15.6. The number of thioether (sulfide) groups is 1. The number of aromatic amines is 1. The Morgan fingerprint density at radius 3 is 2.76 bits per heavy atom. The predicted molar refractivity (Wildman–Crippen MR) is 78.7 cm³/mol. The van der Waals surface area contributed by atoms with Gasteiger partial charge in [0.2, 0.25) is 0 Å². The van der Waals surface area contributed by atoms with Crippen molar-refractivity contribution in [3.8, 4) is 0 Å². The van der Waals surface area contributed by atoms with E-state index in [1.165, 1.54) is 28.6 Å². The van der Waals surface area contributed by atoms with Gasteiger partial charge in [-0.3, -0.25) is 19.4 Å². The number of hydrogen-bond acceptors (Lipinski definition) is 5. The van der Waals surface area contributed by atoms with Crippen LogP contribution >= 0.6 is 11.8 Å². The van der Waals surface area contributed by atoms with E-state index in [2.05, 4.69) is 10.1 Å². The van der Waals surface area contributed by atoms with Crippen molar-refractivity contribution in [2.45, 2.75) is 23.4 Å². The van der Waals surface area contributed by atoms with Crippen LogP contribution < -0.4 is 16.9 Å². The molecule has 1 aromatic carbocycles. The smallest absolute Gasteiger partial charge is 0.327 e. The van der Waals surface area contributed by atoms with Gasteiger partial charge in [0.15, 0.2) is 5.16 Å². The summed E-state index contributed by atoms with van der Waals surface area (Å²) in [6.07, 6.45) is 0. The number of nitrogens with two attached hydrogens (primary N) is 1. The molecule has 8 heteroatoms. The Hall–Kier alpha value is -1.93. The van der Waals surface area contributed by atoms with Crippen LogP contribution in [0.5, 0.6) is 0 Å². The van der Waals surface area contributed by atoms with Gasteiger partial charge in [0.25, 0.3) is 0 Å². The summed E-state index contributed by atoms with van der Waals surface area (Å²) in [6.45, 7) is 1.78. The van der Waals surface area contributed by atoms with E-state index in [0.29, 0.717) is 10.7 Å². The molecule has 2 rings (SSSR count). The number of hydrogen-bond donors (Lipinski definition) is 2. The van der Waals surface area contributed by atoms with Crippen LogP contribution in [0.2, 0.25) is 0 Å². The largest absolute Gasteiger partial charge is 0.339 e. The standard InChI is InChI=1S/C13H15FN4O2S/c1-7(15)10(8-4-3-5-9(14)6-8)21-13-16-11(19)12(20)17-18(13)2/h3-7,10H,15H2,1-2H3,(H,17,20). The second-order valence-corrected chi connectivity index (χ2v) is 5.76. The highest BCUT2D eigenvalue weighted by atomic mass is 32.2. The molecule has 112 valence electrons. The fourth-order valence-corrected chi connectivity index (χ4v) is 2.91. The Labute approximate surface area is 124 Å². The first-order chi connectivity index (χ1) is 9.88. The Bertz CT molecular complexity index is 756. The van der Waals surface area contributed by atoms with Gasteiger partial charge in [-0.05, 0) is 24.6 Å². The molecular formula is C13H15FN4O2S. The molecule has 0 fully saturated rings. The number of aryl methyl sites for hydroxylation is 1. The number of nitrogens with zero attached hydrogens (tertiary/aromatic N) is 2. The van der Waals surface area contributed by atoms with Crippen molar-refractivity contribution in [3.05, 3.63) is 56.4 Å². The molecule has 2 unspecified atom stereocenters. The quantitative estimate of drug-likeness (QED) is 0.643. The van der Waals surface area contributed by atoms with Crippen LogP contribution in [-0.4, -0.2) is 20.8 Å². The molecule has 0 saturated carbocycles. The third kappa shape index (κ3) is 3.59. The Balaban J connectivity index is 2.40. The van der Waals surface area contributed by atoms with E-state index in [1.54, 1.807) is 26.1 Å². The zero-order valence-corrected chi connectivity index (χ0v) is 12.4. The summed E-state index contributed by atoms with van der Waals surface area (Å²) in [5.74, 6) is -0.359. The van der Waals surface area contributed by atoms with Crippen molar-refractivity contribution < 1.29 is 4.39 Å². The minimum atomic E-state index is -0.863. The monoisotopic (exact) mass is 310 g/mol. The lowest BCUT2D eigenvalue weighted by Gasteiger charge is -2.21. The molecule has 0 aliphatic heterocycles.